The molecule has 1 unspecified atom stereocenters. The van der Waals surface area contributed by atoms with Gasteiger partial charge in [0.25, 0.3) is 11.8 Å². The number of hydrogen-bond acceptors (Lipinski definition) is 12. The molecule has 0 radical (unpaired) electrons. The number of aliphatic carboxylic acids is 1. The largest absolute Gasteiger partial charge is 0.481 e. The number of rotatable bonds is 12. The van der Waals surface area contributed by atoms with Gasteiger partial charge in [-0.3, -0.25) is 19.3 Å². The van der Waals surface area contributed by atoms with E-state index in [9.17, 15) is 24.3 Å². The molecule has 3 atom stereocenters. The fraction of sp³-hybridized carbons (Fsp3) is 0.545. The van der Waals surface area contributed by atoms with E-state index >= 15 is 0 Å². The lowest BCUT2D eigenvalue weighted by Gasteiger charge is -2.49. The minimum atomic E-state index is -1.11. The van der Waals surface area contributed by atoms with E-state index in [2.05, 4.69) is 15.5 Å². The first-order valence-corrected chi connectivity index (χ1v) is 13.3. The van der Waals surface area contributed by atoms with E-state index < -0.39 is 41.3 Å². The van der Waals surface area contributed by atoms with Crippen molar-refractivity contribution in [3.8, 4) is 0 Å². The standard InChI is InChI=1S/C22H30N6O8S2/c1-28(2,3)7-12(6-14(29)30)36-21(33)17-11(8-34-4)9-37-20-16(19(32)27(17)20)25-18(31)15(26-35-5)13-10-38-22(23)24-13/h10,12,16,20H,6-9H2,1-5H3,(H3-,23,24,25,29,30,31)/p+1/b26-15-/t12?,16-,20-/m1/s1. The number of nitrogens with zero attached hydrogens (tertiary/aromatic N) is 4. The Morgan fingerprint density at radius 2 is 2.05 bits per heavy atom. The number of carbonyl (C=O) groups excluding carboxylic acids is 3. The van der Waals surface area contributed by atoms with Crippen LogP contribution in [0.25, 0.3) is 0 Å². The van der Waals surface area contributed by atoms with E-state index in [4.69, 9.17) is 20.0 Å². The summed E-state index contributed by atoms with van der Waals surface area (Å²) in [6, 6.07) is -0.960. The molecule has 0 aromatic carbocycles. The average Bonchev–Trinajstić information content (AvgIpc) is 3.24. The number of carboxylic acid groups (broad SMARTS) is 1. The van der Waals surface area contributed by atoms with Gasteiger partial charge in [0, 0.05) is 18.2 Å². The van der Waals surface area contributed by atoms with E-state index in [1.165, 1.54) is 36.3 Å². The van der Waals surface area contributed by atoms with Crippen LogP contribution in [0.5, 0.6) is 0 Å². The third-order valence-corrected chi connectivity index (χ3v) is 7.45. The van der Waals surface area contributed by atoms with Crippen molar-refractivity contribution in [1.82, 2.24) is 15.2 Å². The summed E-state index contributed by atoms with van der Waals surface area (Å²) in [5, 5.41) is 16.8. The number of esters is 1. The van der Waals surface area contributed by atoms with Crippen LogP contribution in [0.4, 0.5) is 5.13 Å². The summed E-state index contributed by atoms with van der Waals surface area (Å²) in [5.41, 5.74) is 6.23. The molecule has 208 valence electrons. The summed E-state index contributed by atoms with van der Waals surface area (Å²) in [7, 11) is 8.27. The highest BCUT2D eigenvalue weighted by atomic mass is 32.2. The van der Waals surface area contributed by atoms with Gasteiger partial charge in [0.05, 0.1) is 34.2 Å². The smallest absolute Gasteiger partial charge is 0.355 e. The predicted molar refractivity (Wildman–Crippen MR) is 139 cm³/mol. The van der Waals surface area contributed by atoms with Crippen LogP contribution in [0.2, 0.25) is 0 Å². The number of ether oxygens (including phenoxy) is 2. The average molecular weight is 572 g/mol. The lowest BCUT2D eigenvalue weighted by atomic mass is 10.0. The first-order valence-electron chi connectivity index (χ1n) is 11.4. The van der Waals surface area contributed by atoms with E-state index in [-0.39, 0.29) is 41.8 Å². The van der Waals surface area contributed by atoms with Crippen LogP contribution in [0.3, 0.4) is 0 Å². The molecule has 1 fully saturated rings. The van der Waals surface area contributed by atoms with E-state index in [1.54, 1.807) is 0 Å². The Morgan fingerprint density at radius 3 is 2.61 bits per heavy atom. The maximum Gasteiger partial charge on any atom is 0.355 e. The Kier molecular flexibility index (Phi) is 9.35. The number of methoxy groups -OCH3 is 1. The number of nitrogens with two attached hydrogens (primary N) is 1. The Labute approximate surface area is 227 Å². The molecule has 1 aromatic rings. The maximum absolute atomic E-state index is 13.3. The first kappa shape index (κ1) is 29.3. The number of nitrogen functional groups attached to an aromatic ring is 1. The maximum atomic E-state index is 13.3. The van der Waals surface area contributed by atoms with Crippen LogP contribution >= 0.6 is 23.1 Å². The van der Waals surface area contributed by atoms with Gasteiger partial charge in [0.1, 0.15) is 36.5 Å². The molecule has 38 heavy (non-hydrogen) atoms. The van der Waals surface area contributed by atoms with Gasteiger partial charge in [-0.1, -0.05) is 5.16 Å². The molecule has 16 heteroatoms. The fourth-order valence-corrected chi connectivity index (χ4v) is 5.89. The van der Waals surface area contributed by atoms with Crippen molar-refractivity contribution < 1.29 is 43.1 Å². The molecule has 4 N–H and O–H groups in total. The number of quaternary nitrogens is 1. The van der Waals surface area contributed by atoms with Gasteiger partial charge in [-0.15, -0.1) is 23.1 Å². The van der Waals surface area contributed by atoms with E-state index in [1.807, 2.05) is 21.1 Å². The summed E-state index contributed by atoms with van der Waals surface area (Å²) in [5.74, 6) is -2.83. The lowest BCUT2D eigenvalue weighted by molar-refractivity contribution is -0.873. The van der Waals surface area contributed by atoms with Crippen LogP contribution in [0.15, 0.2) is 21.8 Å². The Bertz CT molecular complexity index is 1160. The van der Waals surface area contributed by atoms with Gasteiger partial charge >= 0.3 is 11.9 Å². The highest BCUT2D eigenvalue weighted by Gasteiger charge is 2.55. The Balaban J connectivity index is 1.81. The molecule has 2 aliphatic rings. The van der Waals surface area contributed by atoms with E-state index in [0.717, 1.165) is 11.3 Å². The summed E-state index contributed by atoms with van der Waals surface area (Å²) in [4.78, 5) is 61.0. The van der Waals surface area contributed by atoms with Gasteiger partial charge in [0.2, 0.25) is 0 Å². The van der Waals surface area contributed by atoms with Crippen molar-refractivity contribution in [2.24, 2.45) is 5.16 Å². The zero-order valence-corrected chi connectivity index (χ0v) is 23.3. The number of carboxylic acids is 1. The van der Waals surface area contributed by atoms with Crippen molar-refractivity contribution >= 4 is 57.7 Å². The summed E-state index contributed by atoms with van der Waals surface area (Å²) in [6.07, 6.45) is -1.31. The minimum absolute atomic E-state index is 0.000883. The molecule has 3 heterocycles. The third-order valence-electron chi connectivity index (χ3n) is 5.44. The van der Waals surface area contributed by atoms with Crippen molar-refractivity contribution in [2.75, 3.05) is 60.0 Å². The van der Waals surface area contributed by atoms with E-state index in [0.29, 0.717) is 15.8 Å². The highest BCUT2D eigenvalue weighted by molar-refractivity contribution is 8.00. The molecule has 0 saturated carbocycles. The Morgan fingerprint density at radius 1 is 1.34 bits per heavy atom. The number of carbonyl (C=O) groups is 4. The molecular weight excluding hydrogens is 540 g/mol. The molecule has 2 aliphatic heterocycles. The molecule has 1 aromatic heterocycles. The molecule has 0 aliphatic carbocycles. The van der Waals surface area contributed by atoms with Gasteiger partial charge in [-0.05, 0) is 5.57 Å². The molecule has 0 bridgehead atoms. The van der Waals surface area contributed by atoms with Gasteiger partial charge in [0.15, 0.2) is 16.9 Å². The lowest BCUT2D eigenvalue weighted by Crippen LogP contribution is -2.71. The van der Waals surface area contributed by atoms with Crippen LogP contribution < -0.4 is 11.1 Å². The number of nitrogens with one attached hydrogen (secondary N) is 1. The summed E-state index contributed by atoms with van der Waals surface area (Å²) in [6.45, 7) is 0.318. The number of β-lactam (4-membered cyclic amide) rings is 1. The number of thiazole rings is 1. The number of fused-ring (bicyclic) bond motifs is 1. The second kappa shape index (κ2) is 12.1. The number of aromatic nitrogens is 1. The number of amides is 2. The van der Waals surface area contributed by atoms with Crippen LogP contribution in [-0.2, 0) is 33.5 Å². The van der Waals surface area contributed by atoms with Crippen molar-refractivity contribution in [2.45, 2.75) is 23.9 Å². The Hall–Kier alpha value is -3.21. The molecule has 2 amide bonds. The quantitative estimate of drug-likeness (QED) is 0.0964. The highest BCUT2D eigenvalue weighted by Crippen LogP contribution is 2.41. The summed E-state index contributed by atoms with van der Waals surface area (Å²) >= 11 is 2.46. The topological polar surface area (TPSA) is 183 Å². The van der Waals surface area contributed by atoms with Gasteiger partial charge in [-0.25, -0.2) is 9.78 Å². The molecule has 0 spiro atoms. The number of thioether (sulfide) groups is 1. The third kappa shape index (κ3) is 6.80. The van der Waals surface area contributed by atoms with Gasteiger partial charge < -0.3 is 35.0 Å². The molecule has 1 saturated heterocycles. The van der Waals surface area contributed by atoms with Crippen molar-refractivity contribution in [1.29, 1.82) is 0 Å². The number of hydrogen-bond donors (Lipinski definition) is 3. The zero-order chi connectivity index (χ0) is 28.2. The molecule has 3 rings (SSSR count). The molecular formula is C22H31N6O8S2+. The van der Waals surface area contributed by atoms with Crippen LogP contribution in [-0.4, -0.2) is 121 Å². The van der Waals surface area contributed by atoms with Crippen molar-refractivity contribution in [3.05, 3.63) is 22.3 Å². The monoisotopic (exact) mass is 571 g/mol. The number of likely N-dealkylation sites (N-methyl/N-ethyl adjacent to an activating group) is 1. The van der Waals surface area contributed by atoms with Gasteiger partial charge in [-0.2, -0.15) is 0 Å². The second-order valence-corrected chi connectivity index (χ2v) is 11.5. The van der Waals surface area contributed by atoms with Crippen LogP contribution in [0, 0.1) is 0 Å². The number of oxime groups is 1. The predicted octanol–water partition coefficient (Wildman–Crippen LogP) is -0.531. The first-order chi connectivity index (χ1) is 17.9. The zero-order valence-electron chi connectivity index (χ0n) is 21.6. The minimum Gasteiger partial charge on any atom is -0.481 e. The van der Waals surface area contributed by atoms with Crippen LogP contribution in [0.1, 0.15) is 12.1 Å². The SMILES string of the molecule is COCC1=C(C(=O)OC(CC(=O)O)C[N+](C)(C)C)N2C(=O)[C@@H](NC(=O)/C(=N\OC)c3csc(N)n3)[C@H]2SC1. The van der Waals surface area contributed by atoms with Crippen molar-refractivity contribution in [3.63, 3.8) is 0 Å². The summed E-state index contributed by atoms with van der Waals surface area (Å²) < 4.78 is 11.2. The number of anilines is 1. The second-order valence-electron chi connectivity index (χ2n) is 9.54. The fourth-order valence-electron chi connectivity index (χ4n) is 4.02. The normalized spacial score (nSPS) is 20.4. The molecule has 14 nitrogen and oxygen atoms in total.